The zero-order chi connectivity index (χ0) is 52.5. The molecule has 10 atom stereocenters. The number of amides is 8. The molecule has 18 heteroatoms. The van der Waals surface area contributed by atoms with Crippen LogP contribution in [-0.4, -0.2) is 133 Å². The maximum Gasteiger partial charge on any atom is 0.251 e. The van der Waals surface area contributed by atoms with Crippen LogP contribution in [-0.2, 0) is 41.6 Å². The Morgan fingerprint density at radius 3 is 1.34 bits per heavy atom. The standard InChI is InChI=1S/C56H66N10O8/c1-33(57-3)49(67)63-45-21-7-5-6-8-22-46(64-50(68)34(2)58-4)56(74)66-32-40(30-48(66)54(72)62-44-24-14-18-36-16-10-12-20-42(36)44)60-52(70)38-27-25-37(26-28-38)51(69)59-39-29-47(65(31-39)55(45)73)53(71)61-43-23-13-17-35-15-9-11-19-41(35)43/h9-12,15-16,19-20,25-28,33-34,39-40,43-48,57-58H,13-14,17-18,21-24,29-32H2,1-4H3,(H,59,69)(H,60,70)(H,61,71)(H,62,72)(H,63,67)(H,64,68). The first-order valence-electron chi connectivity index (χ1n) is 25.7. The van der Waals surface area contributed by atoms with Crippen LogP contribution in [0.4, 0.5) is 0 Å². The number of aryl methyl sites for hydroxylation is 2. The van der Waals surface area contributed by atoms with E-state index in [1.54, 1.807) is 27.9 Å². The lowest BCUT2D eigenvalue weighted by Crippen LogP contribution is -2.55. The molecule has 18 nitrogen and oxygen atoms in total. The Morgan fingerprint density at radius 2 is 0.946 bits per heavy atom. The first-order chi connectivity index (χ1) is 35.7. The van der Waals surface area contributed by atoms with Gasteiger partial charge >= 0.3 is 0 Å². The van der Waals surface area contributed by atoms with Gasteiger partial charge in [-0.05, 0) is 138 Å². The Balaban J connectivity index is 1.11. The van der Waals surface area contributed by atoms with Gasteiger partial charge in [-0.3, -0.25) is 38.4 Å². The highest BCUT2D eigenvalue weighted by Gasteiger charge is 2.45. The van der Waals surface area contributed by atoms with Gasteiger partial charge in [-0.25, -0.2) is 0 Å². The van der Waals surface area contributed by atoms with E-state index in [-0.39, 0.29) is 62.0 Å². The normalized spacial score (nSPS) is 25.7. The molecule has 3 aromatic rings. The van der Waals surface area contributed by atoms with Crippen LogP contribution in [0.5, 0.6) is 0 Å². The first-order valence-corrected chi connectivity index (χ1v) is 25.7. The molecule has 388 valence electrons. The van der Waals surface area contributed by atoms with Crippen molar-refractivity contribution < 1.29 is 38.4 Å². The molecule has 4 heterocycles. The van der Waals surface area contributed by atoms with Crippen LogP contribution < -0.4 is 42.5 Å². The number of carbonyl (C=O) groups excluding carboxylic acids is 8. The smallest absolute Gasteiger partial charge is 0.251 e. The van der Waals surface area contributed by atoms with Gasteiger partial charge in [0.25, 0.3) is 11.8 Å². The third kappa shape index (κ3) is 12.3. The Morgan fingerprint density at radius 1 is 0.554 bits per heavy atom. The van der Waals surface area contributed by atoms with E-state index in [1.165, 1.54) is 34.1 Å². The summed E-state index contributed by atoms with van der Waals surface area (Å²) in [5, 5.41) is 23.7. The Labute approximate surface area is 432 Å². The minimum absolute atomic E-state index is 0.0513. The molecule has 8 amide bonds. The number of nitrogens with one attached hydrogen (secondary N) is 8. The van der Waals surface area contributed by atoms with Gasteiger partial charge in [-0.15, -0.1) is 0 Å². The molecule has 8 N–H and O–H groups in total. The van der Waals surface area contributed by atoms with E-state index in [0.29, 0.717) is 12.8 Å². The Hall–Kier alpha value is -7.54. The summed E-state index contributed by atoms with van der Waals surface area (Å²) in [6.45, 7) is 3.17. The molecule has 2 saturated heterocycles. The molecule has 9 rings (SSSR count). The molecule has 0 saturated carbocycles. The van der Waals surface area contributed by atoms with E-state index in [2.05, 4.69) is 66.2 Å². The van der Waals surface area contributed by atoms with Gasteiger partial charge in [-0.2, -0.15) is 0 Å². The highest BCUT2D eigenvalue weighted by molar-refractivity contribution is 5.99. The SMILES string of the molecule is CNC(C)C(=O)NC1CC#CC#CCC(NC(=O)C(C)NC)C(=O)N2CC(CC2C(=O)NC2CCCc3ccccc32)NC(=O)c2ccc(cc2)C(=O)NC2CC(C(=O)NC3CCCc4ccccc43)N(C2)C1=O. The summed E-state index contributed by atoms with van der Waals surface area (Å²) >= 11 is 0. The highest BCUT2D eigenvalue weighted by atomic mass is 16.2. The van der Waals surface area contributed by atoms with Crippen LogP contribution in [0, 0.1) is 23.7 Å². The van der Waals surface area contributed by atoms with Gasteiger partial charge in [0, 0.05) is 49.1 Å². The van der Waals surface area contributed by atoms with Crippen molar-refractivity contribution in [1.82, 2.24) is 52.3 Å². The molecular weight excluding hydrogens is 941 g/mol. The minimum atomic E-state index is -1.23. The second-order valence-corrected chi connectivity index (χ2v) is 19.9. The van der Waals surface area contributed by atoms with Gasteiger partial charge in [0.15, 0.2) is 0 Å². The van der Waals surface area contributed by atoms with E-state index in [1.807, 2.05) is 48.5 Å². The van der Waals surface area contributed by atoms with Crippen LogP contribution >= 0.6 is 0 Å². The fraction of sp³-hybridized carbons (Fsp3) is 0.464. The predicted molar refractivity (Wildman–Crippen MR) is 275 cm³/mol. The number of hydrogen-bond donors (Lipinski definition) is 8. The van der Waals surface area contributed by atoms with Crippen molar-refractivity contribution in [2.24, 2.45) is 0 Å². The highest BCUT2D eigenvalue weighted by Crippen LogP contribution is 2.32. The molecule has 0 aromatic heterocycles. The summed E-state index contributed by atoms with van der Waals surface area (Å²) in [6, 6.07) is 14.1. The Kier molecular flexibility index (Phi) is 17.1. The van der Waals surface area contributed by atoms with Crippen LogP contribution in [0.25, 0.3) is 0 Å². The first kappa shape index (κ1) is 52.8. The average Bonchev–Trinajstić information content (AvgIpc) is 4.05. The molecule has 2 aliphatic carbocycles. The molecule has 74 heavy (non-hydrogen) atoms. The summed E-state index contributed by atoms with van der Waals surface area (Å²) in [4.78, 5) is 116. The maximum absolute atomic E-state index is 14.8. The number of benzene rings is 3. The maximum atomic E-state index is 14.8. The van der Waals surface area contributed by atoms with E-state index in [0.717, 1.165) is 47.9 Å². The van der Waals surface area contributed by atoms with Crippen molar-refractivity contribution in [1.29, 1.82) is 0 Å². The van der Waals surface area contributed by atoms with Gasteiger partial charge in [0.05, 0.1) is 24.2 Å². The number of likely N-dealkylation sites (N-methyl/N-ethyl adjacent to an activating group) is 2. The molecular formula is C56H66N10O8. The monoisotopic (exact) mass is 1010 g/mol. The van der Waals surface area contributed by atoms with Gasteiger partial charge < -0.3 is 52.3 Å². The lowest BCUT2D eigenvalue weighted by atomic mass is 9.87. The van der Waals surface area contributed by atoms with Crippen molar-refractivity contribution in [2.75, 3.05) is 27.2 Å². The summed E-state index contributed by atoms with van der Waals surface area (Å²) in [5.74, 6) is 7.34. The number of rotatable bonds is 10. The Bertz CT molecular complexity index is 2590. The lowest BCUT2D eigenvalue weighted by molar-refractivity contribution is -0.141. The van der Waals surface area contributed by atoms with E-state index in [9.17, 15) is 38.4 Å². The predicted octanol–water partition coefficient (Wildman–Crippen LogP) is 1.46. The van der Waals surface area contributed by atoms with Crippen molar-refractivity contribution in [3.63, 3.8) is 0 Å². The molecule has 10 unspecified atom stereocenters. The van der Waals surface area contributed by atoms with Crippen molar-refractivity contribution in [3.05, 3.63) is 106 Å². The van der Waals surface area contributed by atoms with Crippen LogP contribution in [0.15, 0.2) is 72.8 Å². The molecule has 3 aromatic carbocycles. The zero-order valence-electron chi connectivity index (χ0n) is 42.3. The molecule has 2 fully saturated rings. The molecule has 6 aliphatic rings. The summed E-state index contributed by atoms with van der Waals surface area (Å²) in [7, 11) is 3.21. The fourth-order valence-electron chi connectivity index (χ4n) is 10.6. The van der Waals surface area contributed by atoms with E-state index < -0.39 is 95.6 Å². The fourth-order valence-corrected chi connectivity index (χ4v) is 10.6. The molecule has 4 aliphatic heterocycles. The van der Waals surface area contributed by atoms with Crippen molar-refractivity contribution in [3.8, 4) is 23.7 Å². The van der Waals surface area contributed by atoms with Crippen molar-refractivity contribution >= 4 is 47.3 Å². The largest absolute Gasteiger partial charge is 0.347 e. The number of nitrogens with zero attached hydrogens (tertiary/aromatic N) is 2. The van der Waals surface area contributed by atoms with E-state index >= 15 is 0 Å². The van der Waals surface area contributed by atoms with Crippen LogP contribution in [0.3, 0.4) is 0 Å². The topological polar surface area (TPSA) is 239 Å². The minimum Gasteiger partial charge on any atom is -0.347 e. The quantitative estimate of drug-likeness (QED) is 0.136. The molecule has 0 radical (unpaired) electrons. The third-order valence-corrected chi connectivity index (χ3v) is 15.0. The third-order valence-electron chi connectivity index (χ3n) is 15.0. The number of hydrogen-bond acceptors (Lipinski definition) is 10. The number of fused-ring (bicyclic) bond motifs is 13. The summed E-state index contributed by atoms with van der Waals surface area (Å²) < 4.78 is 0. The van der Waals surface area contributed by atoms with Crippen LogP contribution in [0.1, 0.15) is 120 Å². The van der Waals surface area contributed by atoms with Gasteiger partial charge in [0.1, 0.15) is 24.2 Å². The lowest BCUT2D eigenvalue weighted by Gasteiger charge is -2.31. The molecule has 6 bridgehead atoms. The second-order valence-electron chi connectivity index (χ2n) is 19.9. The summed E-state index contributed by atoms with van der Waals surface area (Å²) in [6.07, 6.45) is 4.66. The number of carbonyl (C=O) groups is 8. The van der Waals surface area contributed by atoms with Crippen LogP contribution in [0.2, 0.25) is 0 Å². The van der Waals surface area contributed by atoms with Gasteiger partial charge in [-0.1, -0.05) is 60.4 Å². The zero-order valence-corrected chi connectivity index (χ0v) is 42.3. The molecule has 0 spiro atoms. The van der Waals surface area contributed by atoms with Crippen molar-refractivity contribution in [2.45, 2.75) is 138 Å². The van der Waals surface area contributed by atoms with E-state index in [4.69, 9.17) is 0 Å². The summed E-state index contributed by atoms with van der Waals surface area (Å²) in [5.41, 5.74) is 4.76. The van der Waals surface area contributed by atoms with Gasteiger partial charge in [0.2, 0.25) is 35.4 Å². The second kappa shape index (κ2) is 24.0. The average molecular weight is 1010 g/mol.